The standard InChI is InChI=1S/C17H31N5O/c1-13(2)16-11-15(23-21-16)12-20-17(18-4)19-7-10-22-8-5-14(3)6-9-22/h11,13-14H,5-10,12H2,1-4H3,(H2,18,19,20). The molecule has 1 aromatic rings. The summed E-state index contributed by atoms with van der Waals surface area (Å²) in [6.07, 6.45) is 2.63. The molecule has 0 aromatic carbocycles. The first-order valence-corrected chi connectivity index (χ1v) is 8.71. The smallest absolute Gasteiger partial charge is 0.191 e. The molecule has 2 rings (SSSR count). The van der Waals surface area contributed by atoms with Crippen molar-refractivity contribution in [3.05, 3.63) is 17.5 Å². The van der Waals surface area contributed by atoms with Gasteiger partial charge in [-0.3, -0.25) is 4.99 Å². The van der Waals surface area contributed by atoms with Crippen LogP contribution in [0.2, 0.25) is 0 Å². The molecule has 1 saturated heterocycles. The van der Waals surface area contributed by atoms with Gasteiger partial charge in [-0.05, 0) is 37.8 Å². The van der Waals surface area contributed by atoms with Gasteiger partial charge >= 0.3 is 0 Å². The van der Waals surface area contributed by atoms with Crippen molar-refractivity contribution in [2.24, 2.45) is 10.9 Å². The lowest BCUT2D eigenvalue weighted by molar-refractivity contribution is 0.195. The Bertz CT molecular complexity index is 489. The highest BCUT2D eigenvalue weighted by molar-refractivity contribution is 5.79. The van der Waals surface area contributed by atoms with Gasteiger partial charge in [0.1, 0.15) is 0 Å². The maximum absolute atomic E-state index is 5.33. The van der Waals surface area contributed by atoms with Crippen LogP contribution in [-0.4, -0.2) is 49.2 Å². The third kappa shape index (κ3) is 5.86. The summed E-state index contributed by atoms with van der Waals surface area (Å²) in [5.41, 5.74) is 0.990. The van der Waals surface area contributed by atoms with Crippen LogP contribution >= 0.6 is 0 Å². The topological polar surface area (TPSA) is 65.7 Å². The van der Waals surface area contributed by atoms with Crippen LogP contribution in [0.1, 0.15) is 51.0 Å². The zero-order valence-corrected chi connectivity index (χ0v) is 14.9. The predicted molar refractivity (Wildman–Crippen MR) is 93.6 cm³/mol. The van der Waals surface area contributed by atoms with E-state index in [4.69, 9.17) is 4.52 Å². The molecule has 1 aromatic heterocycles. The minimum Gasteiger partial charge on any atom is -0.359 e. The van der Waals surface area contributed by atoms with E-state index in [0.29, 0.717) is 12.5 Å². The largest absolute Gasteiger partial charge is 0.359 e. The fourth-order valence-corrected chi connectivity index (χ4v) is 2.69. The number of hydrogen-bond donors (Lipinski definition) is 2. The predicted octanol–water partition coefficient (Wildman–Crippen LogP) is 2.19. The summed E-state index contributed by atoms with van der Waals surface area (Å²) in [4.78, 5) is 6.77. The van der Waals surface area contributed by atoms with Crippen molar-refractivity contribution < 1.29 is 4.52 Å². The van der Waals surface area contributed by atoms with Crippen molar-refractivity contribution >= 4 is 5.96 Å². The molecule has 0 spiro atoms. The van der Waals surface area contributed by atoms with Crippen molar-refractivity contribution in [2.45, 2.75) is 46.1 Å². The van der Waals surface area contributed by atoms with E-state index < -0.39 is 0 Å². The number of rotatable bonds is 6. The second-order valence-electron chi connectivity index (χ2n) is 6.75. The second kappa shape index (κ2) is 8.91. The molecule has 2 heterocycles. The lowest BCUT2D eigenvalue weighted by Gasteiger charge is -2.30. The minimum atomic E-state index is 0.386. The summed E-state index contributed by atoms with van der Waals surface area (Å²) in [5, 5.41) is 10.7. The number of piperidine rings is 1. The first-order chi connectivity index (χ1) is 11.1. The van der Waals surface area contributed by atoms with E-state index in [1.165, 1.54) is 25.9 Å². The highest BCUT2D eigenvalue weighted by Gasteiger charge is 2.15. The number of likely N-dealkylation sites (tertiary alicyclic amines) is 1. The van der Waals surface area contributed by atoms with Crippen molar-refractivity contribution in [1.82, 2.24) is 20.7 Å². The normalized spacial score (nSPS) is 17.7. The van der Waals surface area contributed by atoms with Gasteiger partial charge in [-0.2, -0.15) is 0 Å². The summed E-state index contributed by atoms with van der Waals surface area (Å²) in [7, 11) is 1.79. The second-order valence-corrected chi connectivity index (χ2v) is 6.75. The molecule has 1 fully saturated rings. The quantitative estimate of drug-likeness (QED) is 0.621. The lowest BCUT2D eigenvalue weighted by atomic mass is 9.99. The molecule has 0 atom stereocenters. The lowest BCUT2D eigenvalue weighted by Crippen LogP contribution is -2.43. The van der Waals surface area contributed by atoms with Crippen LogP contribution in [0.4, 0.5) is 0 Å². The van der Waals surface area contributed by atoms with E-state index in [9.17, 15) is 0 Å². The molecular formula is C17H31N5O. The van der Waals surface area contributed by atoms with Gasteiger partial charge in [-0.25, -0.2) is 0 Å². The van der Waals surface area contributed by atoms with Crippen molar-refractivity contribution in [2.75, 3.05) is 33.2 Å². The molecule has 2 N–H and O–H groups in total. The highest BCUT2D eigenvalue weighted by Crippen LogP contribution is 2.15. The molecule has 0 unspecified atom stereocenters. The number of nitrogens with one attached hydrogen (secondary N) is 2. The first-order valence-electron chi connectivity index (χ1n) is 8.71. The van der Waals surface area contributed by atoms with Crippen LogP contribution in [0.5, 0.6) is 0 Å². The fraction of sp³-hybridized carbons (Fsp3) is 0.765. The molecule has 23 heavy (non-hydrogen) atoms. The van der Waals surface area contributed by atoms with Crippen LogP contribution in [0.25, 0.3) is 0 Å². The minimum absolute atomic E-state index is 0.386. The Hall–Kier alpha value is -1.56. The van der Waals surface area contributed by atoms with Gasteiger partial charge in [0.2, 0.25) is 0 Å². The van der Waals surface area contributed by atoms with E-state index in [1.54, 1.807) is 7.05 Å². The summed E-state index contributed by atoms with van der Waals surface area (Å²) < 4.78 is 5.33. The maximum atomic E-state index is 5.33. The third-order valence-electron chi connectivity index (χ3n) is 4.42. The molecule has 0 amide bonds. The van der Waals surface area contributed by atoms with Crippen LogP contribution in [0.3, 0.4) is 0 Å². The molecule has 0 radical (unpaired) electrons. The van der Waals surface area contributed by atoms with Gasteiger partial charge in [0, 0.05) is 26.2 Å². The summed E-state index contributed by atoms with van der Waals surface area (Å²) in [5.74, 6) is 2.91. The van der Waals surface area contributed by atoms with Gasteiger partial charge in [0.25, 0.3) is 0 Å². The molecule has 0 aliphatic carbocycles. The summed E-state index contributed by atoms with van der Waals surface area (Å²) in [6, 6.07) is 2.00. The Morgan fingerprint density at radius 1 is 1.39 bits per heavy atom. The number of hydrogen-bond acceptors (Lipinski definition) is 4. The van der Waals surface area contributed by atoms with E-state index in [2.05, 4.69) is 46.5 Å². The molecule has 6 heteroatoms. The van der Waals surface area contributed by atoms with Crippen LogP contribution in [0, 0.1) is 5.92 Å². The van der Waals surface area contributed by atoms with E-state index in [0.717, 1.165) is 36.4 Å². The van der Waals surface area contributed by atoms with Crippen molar-refractivity contribution in [3.63, 3.8) is 0 Å². The Morgan fingerprint density at radius 3 is 2.74 bits per heavy atom. The van der Waals surface area contributed by atoms with E-state index >= 15 is 0 Å². The summed E-state index contributed by atoms with van der Waals surface area (Å²) >= 11 is 0. The van der Waals surface area contributed by atoms with Crippen LogP contribution in [-0.2, 0) is 6.54 Å². The molecule has 6 nitrogen and oxygen atoms in total. The highest BCUT2D eigenvalue weighted by atomic mass is 16.5. The van der Waals surface area contributed by atoms with Gasteiger partial charge in [0.15, 0.2) is 11.7 Å². The average Bonchev–Trinajstić information content (AvgIpc) is 3.01. The van der Waals surface area contributed by atoms with Crippen molar-refractivity contribution in [3.8, 4) is 0 Å². The Balaban J connectivity index is 1.67. The summed E-state index contributed by atoms with van der Waals surface area (Å²) in [6.45, 7) is 11.6. The third-order valence-corrected chi connectivity index (χ3v) is 4.42. The molecule has 130 valence electrons. The monoisotopic (exact) mass is 321 g/mol. The Morgan fingerprint density at radius 2 is 2.13 bits per heavy atom. The van der Waals surface area contributed by atoms with E-state index in [-0.39, 0.29) is 0 Å². The van der Waals surface area contributed by atoms with Gasteiger partial charge in [-0.1, -0.05) is 25.9 Å². The zero-order valence-electron chi connectivity index (χ0n) is 14.9. The molecule has 0 bridgehead atoms. The maximum Gasteiger partial charge on any atom is 0.191 e. The first kappa shape index (κ1) is 17.8. The zero-order chi connectivity index (χ0) is 16.7. The molecule has 1 aliphatic rings. The SMILES string of the molecule is CN=C(NCCN1CCC(C)CC1)NCc1cc(C(C)C)no1. The number of aromatic nitrogens is 1. The van der Waals surface area contributed by atoms with Gasteiger partial charge in [0.05, 0.1) is 12.2 Å². The molecule has 1 aliphatic heterocycles. The number of guanidine groups is 1. The fourth-order valence-electron chi connectivity index (χ4n) is 2.69. The molecular weight excluding hydrogens is 290 g/mol. The molecule has 0 saturated carbocycles. The Kier molecular flexibility index (Phi) is 6.89. The van der Waals surface area contributed by atoms with Gasteiger partial charge < -0.3 is 20.1 Å². The number of aliphatic imine (C=N–C) groups is 1. The van der Waals surface area contributed by atoms with Gasteiger partial charge in [-0.15, -0.1) is 0 Å². The van der Waals surface area contributed by atoms with E-state index in [1.807, 2.05) is 6.07 Å². The Labute approximate surface area is 139 Å². The van der Waals surface area contributed by atoms with Crippen LogP contribution < -0.4 is 10.6 Å². The average molecular weight is 321 g/mol. The van der Waals surface area contributed by atoms with Crippen LogP contribution in [0.15, 0.2) is 15.6 Å². The van der Waals surface area contributed by atoms with Crippen molar-refractivity contribution in [1.29, 1.82) is 0 Å². The number of nitrogens with zero attached hydrogens (tertiary/aromatic N) is 3.